The van der Waals surface area contributed by atoms with Gasteiger partial charge in [0.05, 0.1) is 30.6 Å². The van der Waals surface area contributed by atoms with Gasteiger partial charge in [-0.2, -0.15) is 5.10 Å². The molecule has 7 nitrogen and oxygen atoms in total. The Morgan fingerprint density at radius 2 is 2.08 bits per heavy atom. The van der Waals surface area contributed by atoms with Gasteiger partial charge in [0.2, 0.25) is 5.88 Å². The summed E-state index contributed by atoms with van der Waals surface area (Å²) < 4.78 is 5.06. The Morgan fingerprint density at radius 1 is 1.23 bits per heavy atom. The maximum atomic E-state index is 13.0. The topological polar surface area (TPSA) is 84.0 Å². The smallest absolute Gasteiger partial charge is 0.255 e. The molecule has 4 heterocycles. The van der Waals surface area contributed by atoms with Crippen molar-refractivity contribution in [2.45, 2.75) is 18.9 Å². The maximum absolute atomic E-state index is 13.0. The number of carbonyl (C=O) groups excluding carboxylic acids is 1. The van der Waals surface area contributed by atoms with Gasteiger partial charge in [-0.3, -0.25) is 14.9 Å². The molecule has 1 amide bonds. The van der Waals surface area contributed by atoms with Crippen LogP contribution in [0.5, 0.6) is 5.88 Å². The summed E-state index contributed by atoms with van der Waals surface area (Å²) in [6.45, 7) is 0.713. The molecule has 0 bridgehead atoms. The molecular weight excluding hydrogens is 330 g/mol. The summed E-state index contributed by atoms with van der Waals surface area (Å²) in [6, 6.07) is 7.32. The lowest BCUT2D eigenvalue weighted by Gasteiger charge is -2.25. The van der Waals surface area contributed by atoms with Gasteiger partial charge < -0.3 is 9.64 Å². The van der Waals surface area contributed by atoms with Gasteiger partial charge in [0.15, 0.2) is 0 Å². The number of hydrogen-bond acceptors (Lipinski definition) is 5. The van der Waals surface area contributed by atoms with Gasteiger partial charge in [0, 0.05) is 36.8 Å². The third-order valence-corrected chi connectivity index (χ3v) is 4.70. The number of amides is 1. The summed E-state index contributed by atoms with van der Waals surface area (Å²) >= 11 is 0. The Labute approximate surface area is 151 Å². The zero-order valence-corrected chi connectivity index (χ0v) is 14.4. The number of aromatic nitrogens is 4. The van der Waals surface area contributed by atoms with Gasteiger partial charge in [-0.25, -0.2) is 4.98 Å². The fraction of sp³-hybridized carbons (Fsp3) is 0.263. The highest BCUT2D eigenvalue weighted by Crippen LogP contribution is 2.37. The second-order valence-corrected chi connectivity index (χ2v) is 6.18. The molecule has 1 aliphatic rings. The number of pyridine rings is 2. The summed E-state index contributed by atoms with van der Waals surface area (Å²) in [7, 11) is 1.55. The third-order valence-electron chi connectivity index (χ3n) is 4.70. The lowest BCUT2D eigenvalue weighted by Crippen LogP contribution is -2.31. The van der Waals surface area contributed by atoms with Crippen LogP contribution in [0.15, 0.2) is 49.1 Å². The zero-order valence-electron chi connectivity index (χ0n) is 14.4. The molecule has 3 aromatic heterocycles. The predicted octanol–water partition coefficient (Wildman–Crippen LogP) is 2.85. The molecule has 3 aromatic rings. The second kappa shape index (κ2) is 6.95. The number of likely N-dealkylation sites (tertiary alicyclic amines) is 1. The molecule has 1 aliphatic heterocycles. The number of aromatic amines is 1. The van der Waals surface area contributed by atoms with Crippen LogP contribution in [0.2, 0.25) is 0 Å². The molecule has 0 aliphatic carbocycles. The van der Waals surface area contributed by atoms with Crippen LogP contribution >= 0.6 is 0 Å². The van der Waals surface area contributed by atoms with E-state index in [1.165, 1.54) is 0 Å². The highest BCUT2D eigenvalue weighted by atomic mass is 16.5. The average Bonchev–Trinajstić information content (AvgIpc) is 3.37. The monoisotopic (exact) mass is 349 g/mol. The quantitative estimate of drug-likeness (QED) is 0.783. The molecule has 4 rings (SSSR count). The van der Waals surface area contributed by atoms with Crippen molar-refractivity contribution < 1.29 is 9.53 Å². The number of methoxy groups -OCH3 is 1. The molecule has 7 heteroatoms. The Balaban J connectivity index is 1.63. The third kappa shape index (κ3) is 2.92. The normalized spacial score (nSPS) is 16.7. The number of carbonyl (C=O) groups is 1. The summed E-state index contributed by atoms with van der Waals surface area (Å²) in [4.78, 5) is 23.1. The van der Waals surface area contributed by atoms with Crippen molar-refractivity contribution in [1.29, 1.82) is 0 Å². The van der Waals surface area contributed by atoms with Crippen LogP contribution in [-0.4, -0.2) is 44.6 Å². The van der Waals surface area contributed by atoms with Crippen LogP contribution < -0.4 is 4.74 Å². The first-order valence-corrected chi connectivity index (χ1v) is 8.52. The van der Waals surface area contributed by atoms with Crippen molar-refractivity contribution in [3.05, 3.63) is 60.3 Å². The number of hydrogen-bond donors (Lipinski definition) is 1. The van der Waals surface area contributed by atoms with E-state index in [2.05, 4.69) is 20.2 Å². The van der Waals surface area contributed by atoms with E-state index < -0.39 is 0 Å². The molecule has 26 heavy (non-hydrogen) atoms. The minimum Gasteiger partial charge on any atom is -0.481 e. The van der Waals surface area contributed by atoms with Crippen molar-refractivity contribution in [3.8, 4) is 17.0 Å². The number of nitrogens with one attached hydrogen (secondary N) is 1. The van der Waals surface area contributed by atoms with Crippen LogP contribution in [0.25, 0.3) is 11.1 Å². The Hall–Kier alpha value is -3.22. The largest absolute Gasteiger partial charge is 0.481 e. The van der Waals surface area contributed by atoms with Crippen LogP contribution in [-0.2, 0) is 0 Å². The van der Waals surface area contributed by atoms with Crippen molar-refractivity contribution in [3.63, 3.8) is 0 Å². The van der Waals surface area contributed by atoms with E-state index >= 15 is 0 Å². The lowest BCUT2D eigenvalue weighted by molar-refractivity contribution is 0.0733. The number of nitrogens with zero attached hydrogens (tertiary/aromatic N) is 4. The fourth-order valence-corrected chi connectivity index (χ4v) is 3.41. The summed E-state index contributed by atoms with van der Waals surface area (Å²) in [5.74, 6) is 0.464. The molecule has 0 radical (unpaired) electrons. The van der Waals surface area contributed by atoms with Crippen molar-refractivity contribution in [2.75, 3.05) is 13.7 Å². The second-order valence-electron chi connectivity index (χ2n) is 6.18. The van der Waals surface area contributed by atoms with Crippen molar-refractivity contribution in [1.82, 2.24) is 25.1 Å². The van der Waals surface area contributed by atoms with Crippen LogP contribution in [0.4, 0.5) is 0 Å². The molecule has 1 saturated heterocycles. The minimum absolute atomic E-state index is 0.0297. The van der Waals surface area contributed by atoms with E-state index in [0.717, 1.165) is 29.7 Å². The maximum Gasteiger partial charge on any atom is 0.255 e. The Morgan fingerprint density at radius 3 is 2.81 bits per heavy atom. The predicted molar refractivity (Wildman–Crippen MR) is 95.6 cm³/mol. The molecule has 0 spiro atoms. The van der Waals surface area contributed by atoms with Gasteiger partial charge in [-0.1, -0.05) is 0 Å². The van der Waals surface area contributed by atoms with Gasteiger partial charge in [0.1, 0.15) is 0 Å². The molecule has 1 N–H and O–H groups in total. The van der Waals surface area contributed by atoms with E-state index in [0.29, 0.717) is 18.0 Å². The standard InChI is InChI=1S/C19H19N5O2/c1-26-17-5-4-14(11-21-17)19(25)24-10-2-3-16(24)18-15(12-22-23-18)13-6-8-20-9-7-13/h4-9,11-12,16H,2-3,10H2,1H3,(H,22,23)/t16-/m0/s1. The summed E-state index contributed by atoms with van der Waals surface area (Å²) in [5, 5.41) is 7.32. The summed E-state index contributed by atoms with van der Waals surface area (Å²) in [6.07, 6.45) is 8.73. The highest BCUT2D eigenvalue weighted by molar-refractivity contribution is 5.94. The highest BCUT2D eigenvalue weighted by Gasteiger charge is 2.33. The van der Waals surface area contributed by atoms with E-state index in [1.54, 1.807) is 44.0 Å². The van der Waals surface area contributed by atoms with Crippen LogP contribution in [0.3, 0.4) is 0 Å². The molecule has 0 aromatic carbocycles. The van der Waals surface area contributed by atoms with Crippen LogP contribution in [0, 0.1) is 0 Å². The average molecular weight is 349 g/mol. The molecule has 132 valence electrons. The minimum atomic E-state index is -0.0322. The molecular formula is C19H19N5O2. The molecule has 0 saturated carbocycles. The SMILES string of the molecule is COc1ccc(C(=O)N2CCC[C@H]2c2[nH]ncc2-c2ccncc2)cn1. The van der Waals surface area contributed by atoms with Gasteiger partial charge >= 0.3 is 0 Å². The first-order valence-electron chi connectivity index (χ1n) is 8.52. The lowest BCUT2D eigenvalue weighted by atomic mass is 10.0. The van der Waals surface area contributed by atoms with Crippen LogP contribution in [0.1, 0.15) is 34.9 Å². The Kier molecular flexibility index (Phi) is 4.35. The summed E-state index contributed by atoms with van der Waals surface area (Å²) in [5.41, 5.74) is 3.56. The van der Waals surface area contributed by atoms with Gasteiger partial charge in [-0.05, 0) is 36.6 Å². The molecule has 1 fully saturated rings. The van der Waals surface area contributed by atoms with Crippen molar-refractivity contribution in [2.24, 2.45) is 0 Å². The van der Waals surface area contributed by atoms with Gasteiger partial charge in [0.25, 0.3) is 5.91 Å². The van der Waals surface area contributed by atoms with Crippen molar-refractivity contribution >= 4 is 5.91 Å². The molecule has 1 atom stereocenters. The van der Waals surface area contributed by atoms with E-state index in [4.69, 9.17) is 4.74 Å². The first kappa shape index (κ1) is 16.3. The number of rotatable bonds is 4. The van der Waals surface area contributed by atoms with E-state index in [1.807, 2.05) is 17.0 Å². The fourth-order valence-electron chi connectivity index (χ4n) is 3.41. The van der Waals surface area contributed by atoms with E-state index in [-0.39, 0.29) is 11.9 Å². The Bertz CT molecular complexity index is 892. The number of ether oxygens (including phenoxy) is 1. The van der Waals surface area contributed by atoms with Gasteiger partial charge in [-0.15, -0.1) is 0 Å². The molecule has 0 unspecified atom stereocenters. The number of H-pyrrole nitrogens is 1. The first-order chi connectivity index (χ1) is 12.8. The van der Waals surface area contributed by atoms with E-state index in [9.17, 15) is 4.79 Å². The zero-order chi connectivity index (χ0) is 17.9.